The Morgan fingerprint density at radius 3 is 2.50 bits per heavy atom. The molecule has 164 valence electrons. The van der Waals surface area contributed by atoms with Gasteiger partial charge in [-0.3, -0.25) is 14.3 Å². The van der Waals surface area contributed by atoms with Gasteiger partial charge in [0.1, 0.15) is 5.82 Å². The summed E-state index contributed by atoms with van der Waals surface area (Å²) in [4.78, 5) is 14.6. The lowest BCUT2D eigenvalue weighted by Crippen LogP contribution is -2.21. The number of amides is 1. The van der Waals surface area contributed by atoms with E-state index in [2.05, 4.69) is 15.5 Å². The van der Waals surface area contributed by atoms with Crippen LogP contribution in [0.25, 0.3) is 16.5 Å². The van der Waals surface area contributed by atoms with E-state index in [9.17, 15) is 9.18 Å². The molecule has 1 atom stereocenters. The summed E-state index contributed by atoms with van der Waals surface area (Å²) < 4.78 is 15.3. The van der Waals surface area contributed by atoms with Crippen molar-refractivity contribution in [3.8, 4) is 5.69 Å². The molecule has 0 unspecified atom stereocenters. The smallest absolute Gasteiger partial charge is 0.234 e. The molecule has 4 aromatic rings. The Labute approximate surface area is 190 Å². The van der Waals surface area contributed by atoms with Crippen molar-refractivity contribution in [3.63, 3.8) is 0 Å². The van der Waals surface area contributed by atoms with E-state index in [4.69, 9.17) is 0 Å². The number of fused-ring (bicyclic) bond motifs is 1. The van der Waals surface area contributed by atoms with Gasteiger partial charge in [0.25, 0.3) is 0 Å². The molecule has 0 radical (unpaired) electrons. The molecule has 8 heteroatoms. The number of rotatable bonds is 7. The van der Waals surface area contributed by atoms with Crippen LogP contribution in [-0.4, -0.2) is 45.4 Å². The number of nitrogens with zero attached hydrogens (tertiary/aromatic N) is 4. The first-order valence-electron chi connectivity index (χ1n) is 10.2. The number of aromatic nitrogens is 3. The van der Waals surface area contributed by atoms with Crippen LogP contribution in [0.3, 0.4) is 0 Å². The van der Waals surface area contributed by atoms with E-state index in [1.807, 2.05) is 73.0 Å². The highest BCUT2D eigenvalue weighted by Crippen LogP contribution is 2.27. The molecule has 1 heterocycles. The Balaban J connectivity index is 1.53. The van der Waals surface area contributed by atoms with E-state index in [1.165, 1.54) is 23.9 Å². The fourth-order valence-corrected chi connectivity index (χ4v) is 4.06. The number of carbonyl (C=O) groups is 1. The second-order valence-corrected chi connectivity index (χ2v) is 8.63. The first-order chi connectivity index (χ1) is 15.4. The number of halogens is 1. The monoisotopic (exact) mass is 449 g/mol. The summed E-state index contributed by atoms with van der Waals surface area (Å²) in [6.07, 6.45) is 0. The molecule has 1 amide bonds. The Hall–Kier alpha value is -3.23. The summed E-state index contributed by atoms with van der Waals surface area (Å²) in [5.41, 5.74) is 1.49. The van der Waals surface area contributed by atoms with E-state index in [0.29, 0.717) is 5.16 Å². The van der Waals surface area contributed by atoms with Gasteiger partial charge in [-0.1, -0.05) is 42.1 Å². The molecule has 0 saturated carbocycles. The molecule has 0 aliphatic carbocycles. The molecule has 0 spiro atoms. The van der Waals surface area contributed by atoms with E-state index in [-0.39, 0.29) is 23.5 Å². The topological polar surface area (TPSA) is 63.1 Å². The van der Waals surface area contributed by atoms with Gasteiger partial charge < -0.3 is 5.32 Å². The van der Waals surface area contributed by atoms with E-state index in [1.54, 1.807) is 12.1 Å². The lowest BCUT2D eigenvalue weighted by molar-refractivity contribution is -0.113. The van der Waals surface area contributed by atoms with Crippen LogP contribution in [0.15, 0.2) is 71.9 Å². The normalized spacial score (nSPS) is 12.3. The van der Waals surface area contributed by atoms with Gasteiger partial charge in [0.2, 0.25) is 5.91 Å². The highest BCUT2D eigenvalue weighted by molar-refractivity contribution is 7.99. The van der Waals surface area contributed by atoms with Gasteiger partial charge in [0.05, 0.1) is 11.8 Å². The van der Waals surface area contributed by atoms with E-state index >= 15 is 0 Å². The van der Waals surface area contributed by atoms with Gasteiger partial charge in [-0.2, -0.15) is 0 Å². The maximum absolute atomic E-state index is 13.5. The quantitative estimate of drug-likeness (QED) is 0.406. The Kier molecular flexibility index (Phi) is 6.53. The molecule has 1 N–H and O–H groups in total. The number of anilines is 1. The zero-order valence-corrected chi connectivity index (χ0v) is 18.9. The number of hydrogen-bond donors (Lipinski definition) is 1. The van der Waals surface area contributed by atoms with E-state index in [0.717, 1.165) is 28.0 Å². The summed E-state index contributed by atoms with van der Waals surface area (Å²) in [7, 11) is 3.91. The van der Waals surface area contributed by atoms with Gasteiger partial charge in [0.15, 0.2) is 11.0 Å². The SMILES string of the molecule is C[C@@H](c1nnc(SCC(=O)Nc2ccc3ccccc3c2)n1-c1ccc(F)cc1)N(C)C. The lowest BCUT2D eigenvalue weighted by atomic mass is 10.1. The summed E-state index contributed by atoms with van der Waals surface area (Å²) >= 11 is 1.29. The van der Waals surface area contributed by atoms with Gasteiger partial charge >= 0.3 is 0 Å². The Bertz CT molecular complexity index is 1240. The first-order valence-corrected chi connectivity index (χ1v) is 11.2. The third-order valence-electron chi connectivity index (χ3n) is 5.26. The zero-order valence-electron chi connectivity index (χ0n) is 18.1. The minimum Gasteiger partial charge on any atom is -0.325 e. The Morgan fingerprint density at radius 2 is 1.78 bits per heavy atom. The molecule has 32 heavy (non-hydrogen) atoms. The molecular weight excluding hydrogens is 425 g/mol. The van der Waals surface area contributed by atoms with Crippen LogP contribution >= 0.6 is 11.8 Å². The average Bonchev–Trinajstić information content (AvgIpc) is 3.21. The van der Waals surface area contributed by atoms with Crippen LogP contribution in [0.1, 0.15) is 18.8 Å². The molecule has 0 saturated heterocycles. The molecule has 0 fully saturated rings. The van der Waals surface area contributed by atoms with Crippen molar-refractivity contribution in [3.05, 3.63) is 78.4 Å². The van der Waals surface area contributed by atoms with Crippen molar-refractivity contribution in [2.75, 3.05) is 25.2 Å². The second-order valence-electron chi connectivity index (χ2n) is 7.69. The molecule has 6 nitrogen and oxygen atoms in total. The van der Waals surface area contributed by atoms with Crippen LogP contribution in [-0.2, 0) is 4.79 Å². The summed E-state index contributed by atoms with van der Waals surface area (Å²) in [6, 6.07) is 20.0. The molecule has 4 rings (SSSR count). The number of carbonyl (C=O) groups excluding carboxylic acids is 1. The van der Waals surface area contributed by atoms with Crippen LogP contribution in [0.5, 0.6) is 0 Å². The van der Waals surface area contributed by atoms with Gasteiger partial charge in [-0.25, -0.2) is 4.39 Å². The van der Waals surface area contributed by atoms with Crippen molar-refractivity contribution in [1.82, 2.24) is 19.7 Å². The summed E-state index contributed by atoms with van der Waals surface area (Å²) in [6.45, 7) is 2.02. The molecule has 1 aromatic heterocycles. The highest BCUT2D eigenvalue weighted by atomic mass is 32.2. The molecule has 0 bridgehead atoms. The van der Waals surface area contributed by atoms with Crippen molar-refractivity contribution in [2.24, 2.45) is 0 Å². The standard InChI is InChI=1S/C24H24FN5OS/c1-16(29(2)3)23-27-28-24(30(23)21-12-9-19(25)10-13-21)32-15-22(31)26-20-11-8-17-6-4-5-7-18(17)14-20/h4-14,16H,15H2,1-3H3,(H,26,31)/t16-/m0/s1. The summed E-state index contributed by atoms with van der Waals surface area (Å²) in [5.74, 6) is 0.441. The predicted octanol–water partition coefficient (Wildman–Crippen LogP) is 4.91. The fourth-order valence-electron chi connectivity index (χ4n) is 3.30. The number of thioether (sulfide) groups is 1. The molecule has 3 aromatic carbocycles. The van der Waals surface area contributed by atoms with Crippen molar-refractivity contribution in [1.29, 1.82) is 0 Å². The maximum Gasteiger partial charge on any atom is 0.234 e. The van der Waals surface area contributed by atoms with Gasteiger partial charge in [-0.15, -0.1) is 10.2 Å². The minimum atomic E-state index is -0.312. The molecule has 0 aliphatic heterocycles. The van der Waals surface area contributed by atoms with Crippen LogP contribution in [0, 0.1) is 5.82 Å². The lowest BCUT2D eigenvalue weighted by Gasteiger charge is -2.20. The maximum atomic E-state index is 13.5. The van der Waals surface area contributed by atoms with Crippen LogP contribution < -0.4 is 5.32 Å². The van der Waals surface area contributed by atoms with Gasteiger partial charge in [-0.05, 0) is 68.2 Å². The fraction of sp³-hybridized carbons (Fsp3) is 0.208. The second kappa shape index (κ2) is 9.50. The summed E-state index contributed by atoms with van der Waals surface area (Å²) in [5, 5.41) is 14.4. The van der Waals surface area contributed by atoms with Crippen molar-refractivity contribution in [2.45, 2.75) is 18.1 Å². The predicted molar refractivity (Wildman–Crippen MR) is 127 cm³/mol. The Morgan fingerprint density at radius 1 is 1.06 bits per heavy atom. The largest absolute Gasteiger partial charge is 0.325 e. The van der Waals surface area contributed by atoms with E-state index < -0.39 is 0 Å². The molecule has 0 aliphatic rings. The zero-order chi connectivity index (χ0) is 22.7. The van der Waals surface area contributed by atoms with Gasteiger partial charge in [0, 0.05) is 11.4 Å². The van der Waals surface area contributed by atoms with Crippen LogP contribution in [0.2, 0.25) is 0 Å². The number of hydrogen-bond acceptors (Lipinski definition) is 5. The third kappa shape index (κ3) is 4.81. The number of benzene rings is 3. The van der Waals surface area contributed by atoms with Crippen molar-refractivity contribution >= 4 is 34.1 Å². The first kappa shape index (κ1) is 22.0. The number of nitrogens with one attached hydrogen (secondary N) is 1. The average molecular weight is 450 g/mol. The van der Waals surface area contributed by atoms with Crippen LogP contribution in [0.4, 0.5) is 10.1 Å². The third-order valence-corrected chi connectivity index (χ3v) is 6.19. The molecular formula is C24H24FN5OS. The minimum absolute atomic E-state index is 0.0201. The highest BCUT2D eigenvalue weighted by Gasteiger charge is 2.21. The van der Waals surface area contributed by atoms with Crippen molar-refractivity contribution < 1.29 is 9.18 Å².